The van der Waals surface area contributed by atoms with Crippen molar-refractivity contribution in [3.63, 3.8) is 0 Å². The summed E-state index contributed by atoms with van der Waals surface area (Å²) in [5, 5.41) is 3.40. The first-order valence-corrected chi connectivity index (χ1v) is 12.8. The number of rotatable bonds is 11. The fraction of sp³-hybridized carbons (Fsp3) is 0.417. The van der Waals surface area contributed by atoms with E-state index in [-0.39, 0.29) is 18.5 Å². The summed E-state index contributed by atoms with van der Waals surface area (Å²) in [6, 6.07) is 14.5. The van der Waals surface area contributed by atoms with Crippen molar-refractivity contribution in [3.05, 3.63) is 65.2 Å². The Hall–Kier alpha value is -2.62. The summed E-state index contributed by atoms with van der Waals surface area (Å²) >= 11 is 6.12. The third-order valence-corrected chi connectivity index (χ3v) is 7.53. The van der Waals surface area contributed by atoms with Gasteiger partial charge in [-0.15, -0.1) is 0 Å². The third kappa shape index (κ3) is 7.19. The number of amides is 2. The highest BCUT2D eigenvalue weighted by Gasteiger charge is 2.32. The van der Waals surface area contributed by atoms with Crippen molar-refractivity contribution in [2.75, 3.05) is 24.9 Å². The number of nitrogens with one attached hydrogen (secondary N) is 1. The van der Waals surface area contributed by atoms with Crippen LogP contribution in [-0.4, -0.2) is 62.2 Å². The van der Waals surface area contributed by atoms with Gasteiger partial charge >= 0.3 is 10.2 Å². The molecule has 10 heteroatoms. The lowest BCUT2D eigenvalue weighted by Crippen LogP contribution is -2.53. The summed E-state index contributed by atoms with van der Waals surface area (Å²) in [5.74, 6) is -0.826. The second kappa shape index (κ2) is 12.2. The van der Waals surface area contributed by atoms with Gasteiger partial charge in [0.1, 0.15) is 12.6 Å². The Morgan fingerprint density at radius 2 is 1.68 bits per heavy atom. The van der Waals surface area contributed by atoms with Crippen LogP contribution in [0.1, 0.15) is 32.8 Å². The van der Waals surface area contributed by atoms with Gasteiger partial charge in [-0.3, -0.25) is 9.59 Å². The zero-order valence-electron chi connectivity index (χ0n) is 20.2. The molecule has 0 aliphatic carbocycles. The van der Waals surface area contributed by atoms with Gasteiger partial charge in [-0.2, -0.15) is 12.7 Å². The van der Waals surface area contributed by atoms with Crippen molar-refractivity contribution >= 4 is 39.3 Å². The van der Waals surface area contributed by atoms with E-state index in [1.54, 1.807) is 61.5 Å². The van der Waals surface area contributed by atoms with Crippen molar-refractivity contribution in [2.24, 2.45) is 0 Å². The Morgan fingerprint density at radius 1 is 1.03 bits per heavy atom. The zero-order chi connectivity index (χ0) is 25.5. The van der Waals surface area contributed by atoms with Crippen LogP contribution in [0.15, 0.2) is 54.6 Å². The van der Waals surface area contributed by atoms with Gasteiger partial charge in [0.2, 0.25) is 11.8 Å². The molecule has 0 fully saturated rings. The molecule has 0 unspecified atom stereocenters. The molecule has 34 heavy (non-hydrogen) atoms. The molecule has 0 radical (unpaired) electrons. The SMILES string of the molecule is CC[C@@H](C)NC(=O)[C@H](C)N(Cc1cccc(Cl)c1)C(=O)CN(c1ccccc1)S(=O)(=O)N(C)C. The molecule has 0 aliphatic heterocycles. The third-order valence-electron chi connectivity index (χ3n) is 5.47. The number of anilines is 1. The number of carbonyl (C=O) groups excluding carboxylic acids is 2. The first kappa shape index (κ1) is 27.6. The minimum absolute atomic E-state index is 0.0620. The van der Waals surface area contributed by atoms with E-state index in [4.69, 9.17) is 11.6 Å². The monoisotopic (exact) mass is 508 g/mol. The van der Waals surface area contributed by atoms with E-state index in [9.17, 15) is 18.0 Å². The number of hydrogen-bond acceptors (Lipinski definition) is 4. The molecule has 0 bridgehead atoms. The Labute approximate surface area is 207 Å². The molecule has 0 saturated carbocycles. The molecule has 0 aromatic heterocycles. The highest BCUT2D eigenvalue weighted by molar-refractivity contribution is 7.90. The van der Waals surface area contributed by atoms with E-state index in [0.29, 0.717) is 10.7 Å². The van der Waals surface area contributed by atoms with Crippen molar-refractivity contribution in [2.45, 2.75) is 45.8 Å². The Morgan fingerprint density at radius 3 is 2.24 bits per heavy atom. The van der Waals surface area contributed by atoms with Crippen LogP contribution in [0.4, 0.5) is 5.69 Å². The molecule has 2 amide bonds. The van der Waals surface area contributed by atoms with Crippen molar-refractivity contribution in [3.8, 4) is 0 Å². The summed E-state index contributed by atoms with van der Waals surface area (Å²) in [6.07, 6.45) is 0.740. The summed E-state index contributed by atoms with van der Waals surface area (Å²) < 4.78 is 28.2. The van der Waals surface area contributed by atoms with Crippen LogP contribution in [0.25, 0.3) is 0 Å². The molecular weight excluding hydrogens is 476 g/mol. The first-order valence-electron chi connectivity index (χ1n) is 11.1. The highest BCUT2D eigenvalue weighted by Crippen LogP contribution is 2.21. The van der Waals surface area contributed by atoms with Crippen LogP contribution < -0.4 is 9.62 Å². The maximum absolute atomic E-state index is 13.6. The van der Waals surface area contributed by atoms with Gasteiger partial charge in [0, 0.05) is 31.7 Å². The van der Waals surface area contributed by atoms with Crippen LogP contribution in [0.3, 0.4) is 0 Å². The van der Waals surface area contributed by atoms with E-state index in [2.05, 4.69) is 5.32 Å². The second-order valence-electron chi connectivity index (χ2n) is 8.28. The van der Waals surface area contributed by atoms with Gasteiger partial charge in [-0.05, 0) is 50.1 Å². The lowest BCUT2D eigenvalue weighted by molar-refractivity contribution is -0.139. The first-order chi connectivity index (χ1) is 16.0. The Kier molecular flexibility index (Phi) is 9.90. The predicted octanol–water partition coefficient (Wildman–Crippen LogP) is 3.28. The normalized spacial score (nSPS) is 13.3. The average molecular weight is 509 g/mol. The van der Waals surface area contributed by atoms with E-state index >= 15 is 0 Å². The van der Waals surface area contributed by atoms with Crippen LogP contribution in [0.5, 0.6) is 0 Å². The molecule has 2 atom stereocenters. The number of benzene rings is 2. The molecule has 0 aliphatic rings. The van der Waals surface area contributed by atoms with Crippen LogP contribution in [0, 0.1) is 0 Å². The quantitative estimate of drug-likeness (QED) is 0.504. The maximum atomic E-state index is 13.6. The summed E-state index contributed by atoms with van der Waals surface area (Å²) in [7, 11) is -1.16. The van der Waals surface area contributed by atoms with Crippen LogP contribution >= 0.6 is 11.6 Å². The zero-order valence-corrected chi connectivity index (χ0v) is 21.8. The largest absolute Gasteiger partial charge is 0.352 e. The lowest BCUT2D eigenvalue weighted by Gasteiger charge is -2.33. The topological polar surface area (TPSA) is 90.0 Å². The van der Waals surface area contributed by atoms with Crippen molar-refractivity contribution in [1.29, 1.82) is 0 Å². The average Bonchev–Trinajstić information content (AvgIpc) is 2.80. The molecule has 8 nitrogen and oxygen atoms in total. The molecule has 1 N–H and O–H groups in total. The standard InChI is InChI=1S/C24H33ClN4O4S/c1-6-18(2)26-24(31)19(3)28(16-20-11-10-12-21(25)15-20)23(30)17-29(34(32,33)27(4)5)22-13-8-7-9-14-22/h7-15,18-19H,6,16-17H2,1-5H3,(H,26,31)/t18-,19+/m1/s1. The van der Waals surface area contributed by atoms with E-state index in [1.165, 1.54) is 19.0 Å². The number of nitrogens with zero attached hydrogens (tertiary/aromatic N) is 3. The minimum Gasteiger partial charge on any atom is -0.352 e. The Balaban J connectivity index is 2.42. The van der Waals surface area contributed by atoms with Gasteiger partial charge in [0.05, 0.1) is 5.69 Å². The number of halogens is 1. The minimum atomic E-state index is -3.97. The molecule has 2 aromatic carbocycles. The Bertz CT molecular complexity index is 1080. The second-order valence-corrected chi connectivity index (χ2v) is 10.8. The molecule has 2 rings (SSSR count). The fourth-order valence-corrected chi connectivity index (χ4v) is 4.46. The van der Waals surface area contributed by atoms with Gasteiger partial charge in [-0.25, -0.2) is 4.31 Å². The molecule has 2 aromatic rings. The maximum Gasteiger partial charge on any atom is 0.304 e. The number of hydrogen-bond donors (Lipinski definition) is 1. The van der Waals surface area contributed by atoms with Crippen LogP contribution in [0.2, 0.25) is 5.02 Å². The molecule has 0 spiro atoms. The number of para-hydroxylation sites is 1. The lowest BCUT2D eigenvalue weighted by atomic mass is 10.1. The summed E-state index contributed by atoms with van der Waals surface area (Å²) in [4.78, 5) is 27.9. The molecule has 186 valence electrons. The molecule has 0 heterocycles. The predicted molar refractivity (Wildman–Crippen MR) is 136 cm³/mol. The van der Waals surface area contributed by atoms with E-state index < -0.39 is 28.7 Å². The van der Waals surface area contributed by atoms with Gasteiger partial charge in [0.25, 0.3) is 0 Å². The van der Waals surface area contributed by atoms with E-state index in [0.717, 1.165) is 20.6 Å². The van der Waals surface area contributed by atoms with Gasteiger partial charge in [-0.1, -0.05) is 48.9 Å². The van der Waals surface area contributed by atoms with E-state index in [1.807, 2.05) is 13.8 Å². The summed E-state index contributed by atoms with van der Waals surface area (Å²) in [6.45, 7) is 5.10. The van der Waals surface area contributed by atoms with Crippen molar-refractivity contribution < 1.29 is 18.0 Å². The van der Waals surface area contributed by atoms with Crippen molar-refractivity contribution in [1.82, 2.24) is 14.5 Å². The van der Waals surface area contributed by atoms with Gasteiger partial charge in [0.15, 0.2) is 0 Å². The smallest absolute Gasteiger partial charge is 0.304 e. The fourth-order valence-electron chi connectivity index (χ4n) is 3.19. The highest BCUT2D eigenvalue weighted by atomic mass is 35.5. The van der Waals surface area contributed by atoms with Gasteiger partial charge < -0.3 is 10.2 Å². The molecular formula is C24H33ClN4O4S. The van der Waals surface area contributed by atoms with Crippen LogP contribution in [-0.2, 0) is 26.3 Å². The molecule has 0 saturated heterocycles. The summed E-state index contributed by atoms with van der Waals surface area (Å²) in [5.41, 5.74) is 1.08. The number of carbonyl (C=O) groups is 2.